The highest BCUT2D eigenvalue weighted by molar-refractivity contribution is 7.99. The summed E-state index contributed by atoms with van der Waals surface area (Å²) < 4.78 is 2.02. The first-order valence-electron chi connectivity index (χ1n) is 8.24. The normalized spacial score (nSPS) is 27.0. The molecular weight excluding hydrogens is 278 g/mol. The molecule has 0 radical (unpaired) electrons. The van der Waals surface area contributed by atoms with Gasteiger partial charge in [-0.05, 0) is 56.0 Å². The molecule has 1 aliphatic rings. The van der Waals surface area contributed by atoms with Crippen molar-refractivity contribution in [3.8, 4) is 0 Å². The third-order valence-corrected chi connectivity index (χ3v) is 6.98. The second-order valence-electron chi connectivity index (χ2n) is 7.25. The summed E-state index contributed by atoms with van der Waals surface area (Å²) in [4.78, 5) is 0. The van der Waals surface area contributed by atoms with Gasteiger partial charge in [0.1, 0.15) is 0 Å². The SMILES string of the molecule is CCC(C)(C)C1CCC(CN)C(Sc2cc(C)nn2C)C1. The molecule has 0 bridgehead atoms. The van der Waals surface area contributed by atoms with E-state index in [1.807, 2.05) is 23.5 Å². The molecule has 1 heterocycles. The van der Waals surface area contributed by atoms with E-state index < -0.39 is 0 Å². The molecule has 1 aromatic heterocycles. The lowest BCUT2D eigenvalue weighted by Gasteiger charge is -2.42. The Labute approximate surface area is 134 Å². The summed E-state index contributed by atoms with van der Waals surface area (Å²) in [7, 11) is 2.04. The fraction of sp³-hybridized carbons (Fsp3) is 0.824. The second-order valence-corrected chi connectivity index (χ2v) is 8.51. The molecule has 3 nitrogen and oxygen atoms in total. The van der Waals surface area contributed by atoms with E-state index in [1.54, 1.807) is 0 Å². The molecule has 4 heteroatoms. The summed E-state index contributed by atoms with van der Waals surface area (Å²) in [5.41, 5.74) is 7.59. The van der Waals surface area contributed by atoms with Gasteiger partial charge in [-0.15, -0.1) is 11.8 Å². The molecule has 0 saturated heterocycles. The minimum absolute atomic E-state index is 0.445. The van der Waals surface area contributed by atoms with E-state index in [1.165, 1.54) is 30.7 Å². The zero-order chi connectivity index (χ0) is 15.6. The first-order valence-corrected chi connectivity index (χ1v) is 9.12. The van der Waals surface area contributed by atoms with Crippen molar-refractivity contribution in [2.75, 3.05) is 6.54 Å². The molecule has 2 N–H and O–H groups in total. The van der Waals surface area contributed by atoms with Crippen molar-refractivity contribution in [1.82, 2.24) is 9.78 Å². The van der Waals surface area contributed by atoms with Gasteiger partial charge in [0.2, 0.25) is 0 Å². The highest BCUT2D eigenvalue weighted by Crippen LogP contribution is 2.46. The maximum Gasteiger partial charge on any atom is 0.0942 e. The lowest BCUT2D eigenvalue weighted by atomic mass is 9.67. The van der Waals surface area contributed by atoms with Crippen molar-refractivity contribution < 1.29 is 0 Å². The molecule has 0 amide bonds. The van der Waals surface area contributed by atoms with Crippen molar-refractivity contribution in [1.29, 1.82) is 0 Å². The van der Waals surface area contributed by atoms with E-state index in [4.69, 9.17) is 5.73 Å². The smallest absolute Gasteiger partial charge is 0.0942 e. The third-order valence-electron chi connectivity index (χ3n) is 5.48. The van der Waals surface area contributed by atoms with Crippen molar-refractivity contribution in [2.24, 2.45) is 30.0 Å². The largest absolute Gasteiger partial charge is 0.330 e. The van der Waals surface area contributed by atoms with Crippen molar-refractivity contribution in [3.05, 3.63) is 11.8 Å². The summed E-state index contributed by atoms with van der Waals surface area (Å²) in [6.45, 7) is 10.1. The van der Waals surface area contributed by atoms with Crippen LogP contribution in [0, 0.1) is 24.2 Å². The van der Waals surface area contributed by atoms with Gasteiger partial charge in [0, 0.05) is 12.3 Å². The molecule has 21 heavy (non-hydrogen) atoms. The van der Waals surface area contributed by atoms with Crippen LogP contribution in [0.2, 0.25) is 0 Å². The molecule has 1 fully saturated rings. The van der Waals surface area contributed by atoms with Crippen LogP contribution in [-0.4, -0.2) is 21.6 Å². The lowest BCUT2D eigenvalue weighted by molar-refractivity contribution is 0.134. The Morgan fingerprint density at radius 2 is 2.14 bits per heavy atom. The molecule has 1 aromatic rings. The average Bonchev–Trinajstić information content (AvgIpc) is 2.76. The fourth-order valence-electron chi connectivity index (χ4n) is 3.46. The number of nitrogens with two attached hydrogens (primary N) is 1. The molecule has 0 spiro atoms. The topological polar surface area (TPSA) is 43.8 Å². The van der Waals surface area contributed by atoms with E-state index in [0.29, 0.717) is 16.6 Å². The predicted octanol–water partition coefficient (Wildman–Crippen LogP) is 4.00. The number of aromatic nitrogens is 2. The third kappa shape index (κ3) is 3.84. The molecular formula is C17H31N3S. The fourth-order valence-corrected chi connectivity index (χ4v) is 4.97. The van der Waals surface area contributed by atoms with Crippen LogP contribution >= 0.6 is 11.8 Å². The Kier molecular flexibility index (Phi) is 5.42. The summed E-state index contributed by atoms with van der Waals surface area (Å²) >= 11 is 2.00. The number of hydrogen-bond donors (Lipinski definition) is 1. The van der Waals surface area contributed by atoms with E-state index >= 15 is 0 Å². The Bertz CT molecular complexity index is 467. The molecule has 0 aliphatic heterocycles. The predicted molar refractivity (Wildman–Crippen MR) is 91.5 cm³/mol. The summed E-state index contributed by atoms with van der Waals surface area (Å²) in [6.07, 6.45) is 5.16. The number of aryl methyl sites for hydroxylation is 2. The van der Waals surface area contributed by atoms with E-state index in [2.05, 4.69) is 38.9 Å². The van der Waals surface area contributed by atoms with Crippen LogP contribution in [0.5, 0.6) is 0 Å². The van der Waals surface area contributed by atoms with E-state index in [-0.39, 0.29) is 0 Å². The highest BCUT2D eigenvalue weighted by Gasteiger charge is 2.37. The van der Waals surface area contributed by atoms with Gasteiger partial charge < -0.3 is 5.73 Å². The Hall–Kier alpha value is -0.480. The maximum absolute atomic E-state index is 6.04. The van der Waals surface area contributed by atoms with Gasteiger partial charge in [0.25, 0.3) is 0 Å². The van der Waals surface area contributed by atoms with Crippen LogP contribution in [0.15, 0.2) is 11.1 Å². The van der Waals surface area contributed by atoms with Crippen molar-refractivity contribution >= 4 is 11.8 Å². The summed E-state index contributed by atoms with van der Waals surface area (Å²) in [6, 6.07) is 2.20. The van der Waals surface area contributed by atoms with Gasteiger partial charge in [-0.2, -0.15) is 5.10 Å². The van der Waals surface area contributed by atoms with Gasteiger partial charge >= 0.3 is 0 Å². The monoisotopic (exact) mass is 309 g/mol. The molecule has 2 rings (SSSR count). The lowest BCUT2D eigenvalue weighted by Crippen LogP contribution is -2.37. The van der Waals surface area contributed by atoms with Crippen molar-refractivity contribution in [2.45, 2.75) is 63.7 Å². The molecule has 120 valence electrons. The highest BCUT2D eigenvalue weighted by atomic mass is 32.2. The molecule has 1 saturated carbocycles. The van der Waals surface area contributed by atoms with Crippen LogP contribution in [0.3, 0.4) is 0 Å². The second kappa shape index (κ2) is 6.74. The van der Waals surface area contributed by atoms with Gasteiger partial charge in [-0.3, -0.25) is 4.68 Å². The average molecular weight is 310 g/mol. The molecule has 0 aromatic carbocycles. The Morgan fingerprint density at radius 3 is 2.67 bits per heavy atom. The molecule has 1 aliphatic carbocycles. The first-order chi connectivity index (χ1) is 9.87. The van der Waals surface area contributed by atoms with Crippen LogP contribution in [-0.2, 0) is 7.05 Å². The number of rotatable bonds is 5. The van der Waals surface area contributed by atoms with E-state index in [0.717, 1.165) is 18.2 Å². The van der Waals surface area contributed by atoms with E-state index in [9.17, 15) is 0 Å². The zero-order valence-corrected chi connectivity index (χ0v) is 15.0. The standard InChI is InChI=1S/C17H31N3S/c1-6-17(3,4)14-8-7-13(11-18)15(10-14)21-16-9-12(2)19-20(16)5/h9,13-15H,6-8,10-11,18H2,1-5H3. The number of thioether (sulfide) groups is 1. The minimum atomic E-state index is 0.445. The van der Waals surface area contributed by atoms with Crippen LogP contribution in [0.1, 0.15) is 52.1 Å². The molecule has 3 atom stereocenters. The minimum Gasteiger partial charge on any atom is -0.330 e. The maximum atomic E-state index is 6.04. The zero-order valence-electron chi connectivity index (χ0n) is 14.2. The Balaban J connectivity index is 2.12. The molecule has 3 unspecified atom stereocenters. The van der Waals surface area contributed by atoms with Gasteiger partial charge in [-0.25, -0.2) is 0 Å². The van der Waals surface area contributed by atoms with Crippen molar-refractivity contribution in [3.63, 3.8) is 0 Å². The van der Waals surface area contributed by atoms with Gasteiger partial charge in [0.15, 0.2) is 0 Å². The van der Waals surface area contributed by atoms with Crippen LogP contribution in [0.4, 0.5) is 0 Å². The Morgan fingerprint density at radius 1 is 1.43 bits per heavy atom. The summed E-state index contributed by atoms with van der Waals surface area (Å²) in [5, 5.41) is 6.39. The summed E-state index contributed by atoms with van der Waals surface area (Å²) in [5.74, 6) is 1.46. The first kappa shape index (κ1) is 16.9. The van der Waals surface area contributed by atoms with Crippen LogP contribution < -0.4 is 5.73 Å². The van der Waals surface area contributed by atoms with Gasteiger partial charge in [0.05, 0.1) is 10.7 Å². The number of nitrogens with zero attached hydrogens (tertiary/aromatic N) is 2. The number of hydrogen-bond acceptors (Lipinski definition) is 3. The van der Waals surface area contributed by atoms with Gasteiger partial charge in [-0.1, -0.05) is 27.2 Å². The quantitative estimate of drug-likeness (QED) is 0.894. The van der Waals surface area contributed by atoms with Crippen LogP contribution in [0.25, 0.3) is 0 Å².